The molecular formula is C13H18N2O2. The van der Waals surface area contributed by atoms with Crippen molar-refractivity contribution in [3.05, 3.63) is 29.8 Å². The zero-order valence-corrected chi connectivity index (χ0v) is 10.1. The Labute approximate surface area is 101 Å². The lowest BCUT2D eigenvalue weighted by Crippen LogP contribution is -2.51. The van der Waals surface area contributed by atoms with E-state index in [4.69, 9.17) is 10.5 Å². The first kappa shape index (κ1) is 11.9. The van der Waals surface area contributed by atoms with Gasteiger partial charge in [0.15, 0.2) is 0 Å². The lowest BCUT2D eigenvalue weighted by molar-refractivity contribution is 0.0447. The molecule has 0 saturated carbocycles. The maximum Gasteiger partial charge on any atom is 0.257 e. The molecule has 0 aliphatic carbocycles. The summed E-state index contributed by atoms with van der Waals surface area (Å²) in [4.78, 5) is 14.2. The van der Waals surface area contributed by atoms with Crippen molar-refractivity contribution in [2.45, 2.75) is 18.9 Å². The van der Waals surface area contributed by atoms with Gasteiger partial charge in [0.05, 0.1) is 12.7 Å². The highest BCUT2D eigenvalue weighted by Gasteiger charge is 2.32. The van der Waals surface area contributed by atoms with E-state index >= 15 is 0 Å². The summed E-state index contributed by atoms with van der Waals surface area (Å²) in [5.41, 5.74) is 6.17. The molecule has 0 spiro atoms. The Kier molecular flexibility index (Phi) is 3.64. The lowest BCUT2D eigenvalue weighted by atomic mass is 9.98. The van der Waals surface area contributed by atoms with Gasteiger partial charge >= 0.3 is 0 Å². The Morgan fingerprint density at radius 3 is 2.88 bits per heavy atom. The molecule has 1 aromatic carbocycles. The number of amides is 1. The predicted octanol–water partition coefficient (Wildman–Crippen LogP) is 1.26. The predicted molar refractivity (Wildman–Crippen MR) is 66.1 cm³/mol. The van der Waals surface area contributed by atoms with Gasteiger partial charge in [-0.25, -0.2) is 0 Å². The molecule has 1 amide bonds. The van der Waals surface area contributed by atoms with Crippen LogP contribution in [-0.2, 0) is 0 Å². The summed E-state index contributed by atoms with van der Waals surface area (Å²) < 4.78 is 5.21. The quantitative estimate of drug-likeness (QED) is 0.853. The second-order valence-electron chi connectivity index (χ2n) is 4.22. The number of carbonyl (C=O) groups is 1. The van der Waals surface area contributed by atoms with E-state index in [2.05, 4.69) is 0 Å². The van der Waals surface area contributed by atoms with Gasteiger partial charge in [-0.2, -0.15) is 0 Å². The van der Waals surface area contributed by atoms with E-state index in [9.17, 15) is 4.79 Å². The van der Waals surface area contributed by atoms with Gasteiger partial charge < -0.3 is 15.4 Å². The molecule has 1 unspecified atom stereocenters. The molecule has 2 rings (SSSR count). The molecule has 0 aromatic heterocycles. The van der Waals surface area contributed by atoms with Crippen LogP contribution in [0.5, 0.6) is 5.75 Å². The van der Waals surface area contributed by atoms with Gasteiger partial charge in [0.2, 0.25) is 0 Å². The molecule has 4 heteroatoms. The fourth-order valence-electron chi connectivity index (χ4n) is 2.18. The van der Waals surface area contributed by atoms with Crippen LogP contribution in [0.25, 0.3) is 0 Å². The standard InChI is InChI=1S/C13H18N2O2/c1-17-12-5-3-2-4-11(12)13(16)15-9-7-10(15)6-8-14/h2-5,10H,6-9,14H2,1H3. The third kappa shape index (κ3) is 2.26. The summed E-state index contributed by atoms with van der Waals surface area (Å²) in [6.45, 7) is 1.45. The zero-order chi connectivity index (χ0) is 12.3. The first-order valence-corrected chi connectivity index (χ1v) is 5.92. The number of benzene rings is 1. The zero-order valence-electron chi connectivity index (χ0n) is 10.1. The highest BCUT2D eigenvalue weighted by molar-refractivity contribution is 5.97. The molecule has 4 nitrogen and oxygen atoms in total. The Morgan fingerprint density at radius 2 is 2.29 bits per heavy atom. The normalized spacial score (nSPS) is 18.7. The summed E-state index contributed by atoms with van der Waals surface area (Å²) in [5, 5.41) is 0. The van der Waals surface area contributed by atoms with E-state index in [1.165, 1.54) is 0 Å². The summed E-state index contributed by atoms with van der Waals surface area (Å²) in [6, 6.07) is 7.64. The number of hydrogen-bond donors (Lipinski definition) is 1. The first-order chi connectivity index (χ1) is 8.27. The SMILES string of the molecule is COc1ccccc1C(=O)N1CCC1CCN. The molecule has 1 fully saturated rings. The van der Waals surface area contributed by atoms with Crippen molar-refractivity contribution < 1.29 is 9.53 Å². The molecule has 0 bridgehead atoms. The average molecular weight is 234 g/mol. The van der Waals surface area contributed by atoms with E-state index in [0.29, 0.717) is 23.9 Å². The minimum Gasteiger partial charge on any atom is -0.496 e. The third-order valence-electron chi connectivity index (χ3n) is 3.24. The van der Waals surface area contributed by atoms with Crippen LogP contribution in [0.15, 0.2) is 24.3 Å². The second kappa shape index (κ2) is 5.19. The number of methoxy groups -OCH3 is 1. The molecule has 1 aromatic rings. The molecule has 1 aliphatic heterocycles. The van der Waals surface area contributed by atoms with Crippen LogP contribution in [0.1, 0.15) is 23.2 Å². The third-order valence-corrected chi connectivity index (χ3v) is 3.24. The topological polar surface area (TPSA) is 55.6 Å². The fraction of sp³-hybridized carbons (Fsp3) is 0.462. The molecule has 1 atom stereocenters. The monoisotopic (exact) mass is 234 g/mol. The fourth-order valence-corrected chi connectivity index (χ4v) is 2.18. The number of carbonyl (C=O) groups excluding carboxylic acids is 1. The van der Waals surface area contributed by atoms with Crippen LogP contribution in [0.2, 0.25) is 0 Å². The Hall–Kier alpha value is -1.55. The summed E-state index contributed by atoms with van der Waals surface area (Å²) >= 11 is 0. The molecule has 0 radical (unpaired) electrons. The van der Waals surface area contributed by atoms with Gasteiger partial charge in [0.25, 0.3) is 5.91 Å². The van der Waals surface area contributed by atoms with Crippen LogP contribution in [-0.4, -0.2) is 37.0 Å². The number of nitrogens with zero attached hydrogens (tertiary/aromatic N) is 1. The second-order valence-corrected chi connectivity index (χ2v) is 4.22. The van der Waals surface area contributed by atoms with Crippen molar-refractivity contribution in [1.29, 1.82) is 0 Å². The molecule has 2 N–H and O–H groups in total. The number of rotatable bonds is 4. The Balaban J connectivity index is 2.14. The molecule has 92 valence electrons. The smallest absolute Gasteiger partial charge is 0.257 e. The maximum absolute atomic E-state index is 12.3. The van der Waals surface area contributed by atoms with Gasteiger partial charge in [-0.1, -0.05) is 12.1 Å². The van der Waals surface area contributed by atoms with E-state index in [-0.39, 0.29) is 5.91 Å². The molecule has 1 heterocycles. The van der Waals surface area contributed by atoms with Crippen LogP contribution < -0.4 is 10.5 Å². The molecule has 1 saturated heterocycles. The van der Waals surface area contributed by atoms with Gasteiger partial charge in [-0.05, 0) is 31.5 Å². The van der Waals surface area contributed by atoms with Crippen LogP contribution in [0, 0.1) is 0 Å². The van der Waals surface area contributed by atoms with E-state index in [1.54, 1.807) is 13.2 Å². The van der Waals surface area contributed by atoms with Gasteiger partial charge in [0, 0.05) is 12.6 Å². The number of para-hydroxylation sites is 1. The van der Waals surface area contributed by atoms with E-state index < -0.39 is 0 Å². The maximum atomic E-state index is 12.3. The van der Waals surface area contributed by atoms with E-state index in [1.807, 2.05) is 23.1 Å². The van der Waals surface area contributed by atoms with Crippen LogP contribution >= 0.6 is 0 Å². The lowest BCUT2D eigenvalue weighted by Gasteiger charge is -2.41. The van der Waals surface area contributed by atoms with Crippen LogP contribution in [0.4, 0.5) is 0 Å². The van der Waals surface area contributed by atoms with E-state index in [0.717, 1.165) is 19.4 Å². The Morgan fingerprint density at radius 1 is 1.53 bits per heavy atom. The highest BCUT2D eigenvalue weighted by Crippen LogP contribution is 2.26. The number of ether oxygens (including phenoxy) is 1. The minimum absolute atomic E-state index is 0.0483. The van der Waals surface area contributed by atoms with Crippen molar-refractivity contribution in [1.82, 2.24) is 4.90 Å². The van der Waals surface area contributed by atoms with Crippen molar-refractivity contribution in [3.63, 3.8) is 0 Å². The minimum atomic E-state index is 0.0483. The number of nitrogens with two attached hydrogens (primary N) is 1. The highest BCUT2D eigenvalue weighted by atomic mass is 16.5. The van der Waals surface area contributed by atoms with Crippen molar-refractivity contribution in [2.24, 2.45) is 5.73 Å². The van der Waals surface area contributed by atoms with Crippen molar-refractivity contribution in [2.75, 3.05) is 20.2 Å². The summed E-state index contributed by atoms with van der Waals surface area (Å²) in [5.74, 6) is 0.683. The molecular weight excluding hydrogens is 216 g/mol. The van der Waals surface area contributed by atoms with Gasteiger partial charge in [-0.3, -0.25) is 4.79 Å². The van der Waals surface area contributed by atoms with Gasteiger partial charge in [-0.15, -0.1) is 0 Å². The summed E-state index contributed by atoms with van der Waals surface area (Å²) in [6.07, 6.45) is 1.93. The van der Waals surface area contributed by atoms with Crippen molar-refractivity contribution >= 4 is 5.91 Å². The molecule has 17 heavy (non-hydrogen) atoms. The molecule has 1 aliphatic rings. The Bertz CT molecular complexity index is 406. The van der Waals surface area contributed by atoms with Crippen LogP contribution in [0.3, 0.4) is 0 Å². The van der Waals surface area contributed by atoms with Gasteiger partial charge in [0.1, 0.15) is 5.75 Å². The average Bonchev–Trinajstić information content (AvgIpc) is 2.34. The summed E-state index contributed by atoms with van der Waals surface area (Å²) in [7, 11) is 1.58. The largest absolute Gasteiger partial charge is 0.496 e. The van der Waals surface area contributed by atoms with Crippen molar-refractivity contribution in [3.8, 4) is 5.75 Å². The number of likely N-dealkylation sites (tertiary alicyclic amines) is 1. The number of hydrogen-bond acceptors (Lipinski definition) is 3. The first-order valence-electron chi connectivity index (χ1n) is 5.92.